The first kappa shape index (κ1) is 35.7. The molecule has 4 aromatic carbocycles. The first-order chi connectivity index (χ1) is 22.3. The van der Waals surface area contributed by atoms with Crippen LogP contribution in [0.5, 0.6) is 0 Å². The fourth-order valence-corrected chi connectivity index (χ4v) is 6.37. The molecule has 0 bridgehead atoms. The van der Waals surface area contributed by atoms with Gasteiger partial charge in [0.15, 0.2) is 8.32 Å². The van der Waals surface area contributed by atoms with Gasteiger partial charge in [-0.15, -0.1) is 0 Å². The topological polar surface area (TPSA) is 87.7 Å². The van der Waals surface area contributed by atoms with Gasteiger partial charge < -0.3 is 20.2 Å². The average molecular weight is 655 g/mol. The monoisotopic (exact) mass is 654 g/mol. The summed E-state index contributed by atoms with van der Waals surface area (Å²) in [5.74, 6) is -1.14. The molecule has 2 amide bonds. The minimum atomic E-state index is -2.19. The lowest BCUT2D eigenvalue weighted by atomic mass is 9.77. The van der Waals surface area contributed by atoms with Crippen molar-refractivity contribution in [3.05, 3.63) is 143 Å². The number of carbonyl (C=O) groups excluding carboxylic acids is 2. The highest BCUT2D eigenvalue weighted by Gasteiger charge is 2.39. The van der Waals surface area contributed by atoms with Crippen LogP contribution in [0.25, 0.3) is 0 Å². The molecule has 0 saturated heterocycles. The molecule has 0 aliphatic heterocycles. The SMILES string of the molecule is CC(C)(C)[Si](C)(C)OC[C@H](CCC(=O)NC(c1ccccc1)(c1ccccc1)c1ccccc1)NC(=O)[C@H](O)Cc1ccc(F)cc1. The van der Waals surface area contributed by atoms with Crippen LogP contribution in [0, 0.1) is 5.82 Å². The van der Waals surface area contributed by atoms with Gasteiger partial charge in [0, 0.05) is 12.8 Å². The zero-order valence-corrected chi connectivity index (χ0v) is 29.0. The number of halogens is 1. The summed E-state index contributed by atoms with van der Waals surface area (Å²) < 4.78 is 19.9. The predicted molar refractivity (Wildman–Crippen MR) is 188 cm³/mol. The Labute approximate surface area is 279 Å². The van der Waals surface area contributed by atoms with E-state index in [1.54, 1.807) is 12.1 Å². The molecule has 0 radical (unpaired) electrons. The van der Waals surface area contributed by atoms with Crippen molar-refractivity contribution in [2.45, 2.75) is 75.9 Å². The highest BCUT2D eigenvalue weighted by molar-refractivity contribution is 6.74. The molecule has 47 heavy (non-hydrogen) atoms. The molecule has 0 unspecified atom stereocenters. The number of nitrogens with one attached hydrogen (secondary N) is 2. The van der Waals surface area contributed by atoms with Gasteiger partial charge in [-0.3, -0.25) is 9.59 Å². The number of carbonyl (C=O) groups is 2. The lowest BCUT2D eigenvalue weighted by molar-refractivity contribution is -0.130. The summed E-state index contributed by atoms with van der Waals surface area (Å²) in [7, 11) is -2.19. The van der Waals surface area contributed by atoms with E-state index in [0.29, 0.717) is 12.0 Å². The van der Waals surface area contributed by atoms with E-state index >= 15 is 0 Å². The third-order valence-corrected chi connectivity index (χ3v) is 13.6. The molecule has 0 aliphatic carbocycles. The molecule has 4 rings (SSSR count). The summed E-state index contributed by atoms with van der Waals surface area (Å²) in [6.45, 7) is 10.9. The van der Waals surface area contributed by atoms with Gasteiger partial charge in [0.2, 0.25) is 11.8 Å². The molecule has 8 heteroatoms. The number of aliphatic hydroxyl groups is 1. The molecule has 3 N–H and O–H groups in total. The third-order valence-electron chi connectivity index (χ3n) is 9.11. The van der Waals surface area contributed by atoms with Crippen LogP contribution in [-0.4, -0.2) is 44.0 Å². The summed E-state index contributed by atoms with van der Waals surface area (Å²) in [6.07, 6.45) is -0.902. The first-order valence-electron chi connectivity index (χ1n) is 16.2. The van der Waals surface area contributed by atoms with E-state index in [1.807, 2.05) is 91.0 Å². The van der Waals surface area contributed by atoms with Crippen LogP contribution in [0.3, 0.4) is 0 Å². The Bertz CT molecular complexity index is 1480. The minimum absolute atomic E-state index is 0.0379. The largest absolute Gasteiger partial charge is 0.415 e. The molecule has 0 saturated carbocycles. The van der Waals surface area contributed by atoms with Gasteiger partial charge in [-0.05, 0) is 58.9 Å². The van der Waals surface area contributed by atoms with Gasteiger partial charge in [0.05, 0.1) is 12.6 Å². The van der Waals surface area contributed by atoms with E-state index in [-0.39, 0.29) is 36.2 Å². The standard InChI is InChI=1S/C39H47FN2O4Si/c1-38(2,3)47(4,5)46-28-34(41-37(45)35(43)27-29-21-23-33(40)24-22-29)25-26-36(44)42-39(30-15-9-6-10-16-30,31-17-11-7-12-18-31)32-19-13-8-14-20-32/h6-24,34-35,43H,25-28H2,1-5H3,(H,41,45)(H,42,44)/t34-,35+/m0/s1. The van der Waals surface area contributed by atoms with Crippen LogP contribution < -0.4 is 10.6 Å². The van der Waals surface area contributed by atoms with Crippen LogP contribution in [-0.2, 0) is 26.0 Å². The Hall–Kier alpha value is -4.11. The molecular formula is C39H47FN2O4Si. The quantitative estimate of drug-likeness (QED) is 0.0998. The Kier molecular flexibility index (Phi) is 11.9. The van der Waals surface area contributed by atoms with Crippen LogP contribution in [0.4, 0.5) is 4.39 Å². The second-order valence-corrected chi connectivity index (χ2v) is 18.4. The van der Waals surface area contributed by atoms with Gasteiger partial charge in [-0.25, -0.2) is 4.39 Å². The molecule has 4 aromatic rings. The second kappa shape index (κ2) is 15.7. The predicted octanol–water partition coefficient (Wildman–Crippen LogP) is 7.12. The van der Waals surface area contributed by atoms with Gasteiger partial charge in [0.1, 0.15) is 17.5 Å². The number of benzene rings is 4. The fraction of sp³-hybridized carbons (Fsp3) is 0.333. The Morgan fingerprint density at radius 3 is 1.70 bits per heavy atom. The molecule has 0 aromatic heterocycles. The van der Waals surface area contributed by atoms with E-state index in [1.165, 1.54) is 12.1 Å². The normalized spacial score (nSPS) is 13.4. The molecule has 0 fully saturated rings. The number of aliphatic hydroxyl groups excluding tert-OH is 1. The maximum Gasteiger partial charge on any atom is 0.249 e. The van der Waals surface area contributed by atoms with Gasteiger partial charge in [-0.1, -0.05) is 124 Å². The first-order valence-corrected chi connectivity index (χ1v) is 19.1. The lowest BCUT2D eigenvalue weighted by Gasteiger charge is -2.38. The maximum absolute atomic E-state index is 14.0. The number of hydrogen-bond donors (Lipinski definition) is 3. The molecule has 6 nitrogen and oxygen atoms in total. The smallest absolute Gasteiger partial charge is 0.249 e. The second-order valence-electron chi connectivity index (χ2n) is 13.6. The molecule has 0 aliphatic rings. The van der Waals surface area contributed by atoms with Gasteiger partial charge >= 0.3 is 0 Å². The lowest BCUT2D eigenvalue weighted by Crippen LogP contribution is -2.50. The minimum Gasteiger partial charge on any atom is -0.415 e. The van der Waals surface area contributed by atoms with E-state index in [4.69, 9.17) is 4.43 Å². The highest BCUT2D eigenvalue weighted by Crippen LogP contribution is 2.38. The maximum atomic E-state index is 14.0. The molecule has 0 heterocycles. The molecule has 0 spiro atoms. The van der Waals surface area contributed by atoms with Crippen molar-refractivity contribution >= 4 is 20.1 Å². The number of hydrogen-bond acceptors (Lipinski definition) is 4. The molecule has 2 atom stereocenters. The van der Waals surface area contributed by atoms with Crippen LogP contribution in [0.1, 0.15) is 55.9 Å². The van der Waals surface area contributed by atoms with E-state index in [2.05, 4.69) is 44.5 Å². The average Bonchev–Trinajstić information content (AvgIpc) is 3.06. The van der Waals surface area contributed by atoms with Crippen molar-refractivity contribution in [2.75, 3.05) is 6.61 Å². The molecular weight excluding hydrogens is 608 g/mol. The Balaban J connectivity index is 1.57. The van der Waals surface area contributed by atoms with Crippen molar-refractivity contribution in [3.8, 4) is 0 Å². The van der Waals surface area contributed by atoms with E-state index in [9.17, 15) is 19.1 Å². The summed E-state index contributed by atoms with van der Waals surface area (Å²) in [6, 6.07) is 34.9. The van der Waals surface area contributed by atoms with Gasteiger partial charge in [0.25, 0.3) is 0 Å². The fourth-order valence-electron chi connectivity index (χ4n) is 5.31. The third kappa shape index (κ3) is 9.25. The van der Waals surface area contributed by atoms with Crippen molar-refractivity contribution < 1.29 is 23.5 Å². The Morgan fingerprint density at radius 1 is 0.787 bits per heavy atom. The summed E-state index contributed by atoms with van der Waals surface area (Å²) in [4.78, 5) is 27.2. The van der Waals surface area contributed by atoms with Crippen molar-refractivity contribution in [3.63, 3.8) is 0 Å². The zero-order valence-electron chi connectivity index (χ0n) is 28.0. The van der Waals surface area contributed by atoms with Crippen LogP contribution in [0.2, 0.25) is 18.1 Å². The Morgan fingerprint density at radius 2 is 1.26 bits per heavy atom. The number of rotatable bonds is 14. The summed E-state index contributed by atoms with van der Waals surface area (Å²) >= 11 is 0. The van der Waals surface area contributed by atoms with Crippen LogP contribution >= 0.6 is 0 Å². The summed E-state index contributed by atoms with van der Waals surface area (Å²) in [5.41, 5.74) is 2.44. The molecule has 248 valence electrons. The zero-order chi connectivity index (χ0) is 34.1. The van der Waals surface area contributed by atoms with E-state index in [0.717, 1.165) is 16.7 Å². The van der Waals surface area contributed by atoms with E-state index < -0.39 is 31.9 Å². The van der Waals surface area contributed by atoms with Gasteiger partial charge in [-0.2, -0.15) is 0 Å². The van der Waals surface area contributed by atoms with Crippen LogP contribution in [0.15, 0.2) is 115 Å². The highest BCUT2D eigenvalue weighted by atomic mass is 28.4. The summed E-state index contributed by atoms with van der Waals surface area (Å²) in [5, 5.41) is 17.0. The van der Waals surface area contributed by atoms with Crippen molar-refractivity contribution in [1.29, 1.82) is 0 Å². The van der Waals surface area contributed by atoms with Crippen molar-refractivity contribution in [2.24, 2.45) is 0 Å². The van der Waals surface area contributed by atoms with Crippen molar-refractivity contribution in [1.82, 2.24) is 10.6 Å². The number of amides is 2.